The number of fused-ring (bicyclic) bond motifs is 1. The second-order valence-electron chi connectivity index (χ2n) is 7.15. The Bertz CT molecular complexity index is 1230. The second-order valence-corrected chi connectivity index (χ2v) is 8.63. The predicted octanol–water partition coefficient (Wildman–Crippen LogP) is 7.41. The van der Waals surface area contributed by atoms with Crippen molar-refractivity contribution in [2.45, 2.75) is 25.7 Å². The van der Waals surface area contributed by atoms with E-state index in [0.29, 0.717) is 10.6 Å². The van der Waals surface area contributed by atoms with Crippen molar-refractivity contribution in [1.82, 2.24) is 4.98 Å². The van der Waals surface area contributed by atoms with Crippen molar-refractivity contribution in [3.8, 4) is 11.3 Å². The van der Waals surface area contributed by atoms with Gasteiger partial charge in [0.25, 0.3) is 0 Å². The molecule has 0 saturated heterocycles. The van der Waals surface area contributed by atoms with E-state index in [1.165, 1.54) is 11.8 Å². The zero-order valence-corrected chi connectivity index (χ0v) is 18.1. The summed E-state index contributed by atoms with van der Waals surface area (Å²) in [6.45, 7) is 6.06. The van der Waals surface area contributed by atoms with E-state index >= 15 is 0 Å². The number of thioether (sulfide) groups is 1. The van der Waals surface area contributed by atoms with Crippen molar-refractivity contribution in [2.75, 3.05) is 0 Å². The maximum Gasteiger partial charge on any atom is 0.225 e. The van der Waals surface area contributed by atoms with Gasteiger partial charge in [0.05, 0.1) is 11.2 Å². The van der Waals surface area contributed by atoms with Gasteiger partial charge in [-0.05, 0) is 74.0 Å². The topological polar surface area (TPSA) is 30.0 Å². The highest BCUT2D eigenvalue weighted by Gasteiger charge is 2.21. The molecule has 1 heterocycles. The van der Waals surface area contributed by atoms with Crippen molar-refractivity contribution in [3.63, 3.8) is 0 Å². The Morgan fingerprint density at radius 1 is 0.931 bits per heavy atom. The summed E-state index contributed by atoms with van der Waals surface area (Å²) < 4.78 is 0. The third kappa shape index (κ3) is 3.93. The van der Waals surface area contributed by atoms with Gasteiger partial charge < -0.3 is 0 Å². The molecule has 4 aromatic rings. The Morgan fingerprint density at radius 3 is 2.41 bits per heavy atom. The fraction of sp³-hybridized carbons (Fsp3) is 0.120. The minimum atomic E-state index is 0.0226. The van der Waals surface area contributed by atoms with Crippen molar-refractivity contribution in [1.29, 1.82) is 0 Å². The van der Waals surface area contributed by atoms with E-state index in [4.69, 9.17) is 16.6 Å². The first-order chi connectivity index (χ1) is 13.9. The number of aromatic nitrogens is 1. The molecule has 4 rings (SSSR count). The molecule has 0 saturated carbocycles. The van der Waals surface area contributed by atoms with Gasteiger partial charge in [0.2, 0.25) is 5.12 Å². The lowest BCUT2D eigenvalue weighted by Gasteiger charge is -2.16. The summed E-state index contributed by atoms with van der Waals surface area (Å²) in [6, 6.07) is 21.5. The number of benzene rings is 3. The van der Waals surface area contributed by atoms with Gasteiger partial charge in [-0.1, -0.05) is 53.6 Å². The number of rotatable bonds is 3. The van der Waals surface area contributed by atoms with Gasteiger partial charge >= 0.3 is 0 Å². The van der Waals surface area contributed by atoms with Crippen LogP contribution in [0.1, 0.15) is 27.0 Å². The number of carbonyl (C=O) groups excluding carboxylic acids is 1. The Morgan fingerprint density at radius 2 is 1.69 bits per heavy atom. The molecule has 29 heavy (non-hydrogen) atoms. The highest BCUT2D eigenvalue weighted by atomic mass is 35.5. The molecular formula is C25H20ClNOS. The van der Waals surface area contributed by atoms with E-state index in [1.54, 1.807) is 0 Å². The number of nitrogens with zero attached hydrogens (tertiary/aromatic N) is 1. The second kappa shape index (κ2) is 8.02. The fourth-order valence-corrected chi connectivity index (χ4v) is 4.70. The van der Waals surface area contributed by atoms with E-state index in [-0.39, 0.29) is 5.12 Å². The van der Waals surface area contributed by atoms with Gasteiger partial charge in [-0.3, -0.25) is 4.79 Å². The van der Waals surface area contributed by atoms with Crippen molar-refractivity contribution >= 4 is 39.4 Å². The molecule has 0 unspecified atom stereocenters. The Labute approximate surface area is 179 Å². The highest BCUT2D eigenvalue weighted by Crippen LogP contribution is 2.36. The number of hydrogen-bond acceptors (Lipinski definition) is 3. The fourth-order valence-electron chi connectivity index (χ4n) is 3.64. The number of pyridine rings is 1. The molecule has 0 aliphatic carbocycles. The van der Waals surface area contributed by atoms with Crippen molar-refractivity contribution in [2.24, 2.45) is 0 Å². The first-order valence-corrected chi connectivity index (χ1v) is 10.6. The normalized spacial score (nSPS) is 11.0. The van der Waals surface area contributed by atoms with Crippen LogP contribution < -0.4 is 0 Å². The first-order valence-electron chi connectivity index (χ1n) is 9.39. The molecule has 0 bridgehead atoms. The summed E-state index contributed by atoms with van der Waals surface area (Å²) in [6.07, 6.45) is 0. The van der Waals surface area contributed by atoms with Gasteiger partial charge in [-0.25, -0.2) is 4.98 Å². The monoisotopic (exact) mass is 417 g/mol. The van der Waals surface area contributed by atoms with Crippen LogP contribution in [0.15, 0.2) is 71.6 Å². The molecule has 2 nitrogen and oxygen atoms in total. The van der Waals surface area contributed by atoms with Crippen LogP contribution in [0.25, 0.3) is 22.2 Å². The lowest BCUT2D eigenvalue weighted by atomic mass is 9.96. The minimum absolute atomic E-state index is 0.0226. The molecule has 0 aliphatic heterocycles. The third-order valence-corrected chi connectivity index (χ3v) is 6.06. The molecule has 144 valence electrons. The zero-order valence-electron chi connectivity index (χ0n) is 16.5. The molecule has 1 aromatic heterocycles. The summed E-state index contributed by atoms with van der Waals surface area (Å²) in [5.41, 5.74) is 6.32. The Balaban J connectivity index is 1.98. The summed E-state index contributed by atoms with van der Waals surface area (Å²) in [5, 5.41) is 1.57. The molecule has 0 aliphatic rings. The van der Waals surface area contributed by atoms with Crippen molar-refractivity contribution in [3.05, 3.63) is 94.0 Å². The van der Waals surface area contributed by atoms with Crippen LogP contribution in [-0.2, 0) is 0 Å². The molecule has 0 amide bonds. The first kappa shape index (κ1) is 19.7. The molecule has 0 fully saturated rings. The number of aryl methyl sites for hydroxylation is 2. The summed E-state index contributed by atoms with van der Waals surface area (Å²) in [5.74, 6) is 0. The van der Waals surface area contributed by atoms with Crippen LogP contribution in [-0.4, -0.2) is 10.1 Å². The van der Waals surface area contributed by atoms with Crippen LogP contribution in [0.4, 0.5) is 0 Å². The Kier molecular flexibility index (Phi) is 5.44. The van der Waals surface area contributed by atoms with E-state index in [9.17, 15) is 4.79 Å². The third-order valence-electron chi connectivity index (χ3n) is 4.92. The van der Waals surface area contributed by atoms with Gasteiger partial charge in [-0.15, -0.1) is 0 Å². The van der Waals surface area contributed by atoms with Crippen LogP contribution in [0.3, 0.4) is 0 Å². The lowest BCUT2D eigenvalue weighted by Crippen LogP contribution is -2.04. The summed E-state index contributed by atoms with van der Waals surface area (Å²) >= 11 is 7.48. The quantitative estimate of drug-likeness (QED) is 0.325. The van der Waals surface area contributed by atoms with Gasteiger partial charge in [0, 0.05) is 26.4 Å². The van der Waals surface area contributed by atoms with E-state index in [0.717, 1.165) is 43.7 Å². The van der Waals surface area contributed by atoms with Gasteiger partial charge in [-0.2, -0.15) is 0 Å². The summed E-state index contributed by atoms with van der Waals surface area (Å²) in [7, 11) is 0. The van der Waals surface area contributed by atoms with Crippen LogP contribution in [0.5, 0.6) is 0 Å². The van der Waals surface area contributed by atoms with Crippen LogP contribution >= 0.6 is 23.4 Å². The van der Waals surface area contributed by atoms with E-state index in [2.05, 4.69) is 12.1 Å². The molecular weight excluding hydrogens is 398 g/mol. The molecule has 3 aromatic carbocycles. The SMILES string of the molecule is Cc1cc(C)c2nc(-c3cccc(Cl)c3)c(C)c(C(=O)Sc3ccccc3)c2c1. The van der Waals surface area contributed by atoms with Gasteiger partial charge in [0.1, 0.15) is 0 Å². The lowest BCUT2D eigenvalue weighted by molar-refractivity contribution is 0.109. The van der Waals surface area contributed by atoms with Gasteiger partial charge in [0.15, 0.2) is 0 Å². The van der Waals surface area contributed by atoms with Crippen molar-refractivity contribution < 1.29 is 4.79 Å². The van der Waals surface area contributed by atoms with Crippen LogP contribution in [0, 0.1) is 20.8 Å². The number of halogens is 1. The maximum absolute atomic E-state index is 13.4. The molecule has 0 radical (unpaired) electrons. The van der Waals surface area contributed by atoms with E-state index < -0.39 is 0 Å². The summed E-state index contributed by atoms with van der Waals surface area (Å²) in [4.78, 5) is 19.3. The number of carbonyl (C=O) groups is 1. The molecule has 4 heteroatoms. The smallest absolute Gasteiger partial charge is 0.225 e. The highest BCUT2D eigenvalue weighted by molar-refractivity contribution is 8.14. The molecule has 0 spiro atoms. The van der Waals surface area contributed by atoms with Crippen LogP contribution in [0.2, 0.25) is 5.02 Å². The molecule has 0 N–H and O–H groups in total. The average Bonchev–Trinajstić information content (AvgIpc) is 2.68. The number of hydrogen-bond donors (Lipinski definition) is 0. The maximum atomic E-state index is 13.4. The van der Waals surface area contributed by atoms with E-state index in [1.807, 2.05) is 75.4 Å². The minimum Gasteiger partial charge on any atom is -0.281 e. The average molecular weight is 418 g/mol. The predicted molar refractivity (Wildman–Crippen MR) is 123 cm³/mol. The molecule has 0 atom stereocenters. The standard InChI is InChI=1S/C25H20ClNOS/c1-15-12-16(2)23-21(13-15)22(25(28)29-20-10-5-4-6-11-20)17(3)24(27-23)18-8-7-9-19(26)14-18/h4-14H,1-3H3. The largest absolute Gasteiger partial charge is 0.281 e. The Hall–Kier alpha value is -2.62. The zero-order chi connectivity index (χ0) is 20.5.